The zero-order chi connectivity index (χ0) is 19.6. The summed E-state index contributed by atoms with van der Waals surface area (Å²) in [6.07, 6.45) is 0.340. The number of esters is 1. The maximum atomic E-state index is 13.1. The normalized spacial score (nSPS) is 17.5. The van der Waals surface area contributed by atoms with Crippen LogP contribution in [-0.2, 0) is 14.3 Å². The first kappa shape index (κ1) is 23.4. The van der Waals surface area contributed by atoms with E-state index in [-0.39, 0.29) is 22.9 Å². The average molecular weight is 345 g/mol. The molecule has 0 radical (unpaired) electrons. The number of ether oxygens (including phenoxy) is 2. The second-order valence-corrected chi connectivity index (χ2v) is 10.4. The van der Waals surface area contributed by atoms with Crippen molar-refractivity contribution in [3.05, 3.63) is 0 Å². The number of rotatable bonds is 7. The zero-order valence-corrected chi connectivity index (χ0v) is 17.7. The van der Waals surface area contributed by atoms with E-state index in [4.69, 9.17) is 9.47 Å². The molecule has 0 rings (SSSR count). The molecule has 2 atom stereocenters. The smallest absolute Gasteiger partial charge is 0.314 e. The Hall–Kier alpha value is -0.610. The van der Waals surface area contributed by atoms with Crippen molar-refractivity contribution in [1.29, 1.82) is 0 Å². The number of carbonyl (C=O) groups is 1. The Morgan fingerprint density at radius 1 is 0.958 bits per heavy atom. The molecular weight excluding hydrogens is 304 g/mol. The van der Waals surface area contributed by atoms with Gasteiger partial charge in [0.05, 0.1) is 17.1 Å². The van der Waals surface area contributed by atoms with E-state index >= 15 is 0 Å². The third kappa shape index (κ3) is 7.98. The molecule has 0 aromatic carbocycles. The van der Waals surface area contributed by atoms with Crippen LogP contribution in [0.5, 0.6) is 0 Å². The minimum atomic E-state index is -0.959. The van der Waals surface area contributed by atoms with Gasteiger partial charge in [-0.15, -0.1) is 0 Å². The number of hydrogen-bond acceptors (Lipinski definition) is 4. The molecular formula is C20H40O4. The van der Waals surface area contributed by atoms with E-state index in [1.165, 1.54) is 0 Å². The number of carbonyl (C=O) groups excluding carboxylic acids is 1. The van der Waals surface area contributed by atoms with E-state index in [9.17, 15) is 9.90 Å². The van der Waals surface area contributed by atoms with Gasteiger partial charge in [-0.25, -0.2) is 0 Å². The summed E-state index contributed by atoms with van der Waals surface area (Å²) >= 11 is 0. The largest absolute Gasteiger partial charge is 0.435 e. The highest BCUT2D eigenvalue weighted by Crippen LogP contribution is 2.45. The van der Waals surface area contributed by atoms with E-state index in [1.54, 1.807) is 13.8 Å². The molecule has 0 aliphatic heterocycles. The van der Waals surface area contributed by atoms with Crippen molar-refractivity contribution < 1.29 is 19.4 Å². The summed E-state index contributed by atoms with van der Waals surface area (Å²) in [6.45, 7) is 21.5. The van der Waals surface area contributed by atoms with Gasteiger partial charge in [0.2, 0.25) is 6.29 Å². The lowest BCUT2D eigenvalue weighted by atomic mass is 9.63. The van der Waals surface area contributed by atoms with Crippen LogP contribution in [0, 0.1) is 16.2 Å². The summed E-state index contributed by atoms with van der Waals surface area (Å²) in [5.41, 5.74) is -2.15. The number of hydrogen-bond donors (Lipinski definition) is 1. The van der Waals surface area contributed by atoms with Gasteiger partial charge >= 0.3 is 5.97 Å². The Morgan fingerprint density at radius 2 is 1.42 bits per heavy atom. The summed E-state index contributed by atoms with van der Waals surface area (Å²) < 4.78 is 11.6. The van der Waals surface area contributed by atoms with Crippen molar-refractivity contribution in [3.8, 4) is 0 Å². The van der Waals surface area contributed by atoms with Crippen LogP contribution in [0.4, 0.5) is 0 Å². The molecule has 0 bridgehead atoms. The van der Waals surface area contributed by atoms with Crippen molar-refractivity contribution in [2.75, 3.05) is 0 Å². The summed E-state index contributed by atoms with van der Waals surface area (Å²) in [5, 5.41) is 10.3. The second-order valence-electron chi connectivity index (χ2n) is 10.4. The molecule has 144 valence electrons. The van der Waals surface area contributed by atoms with Crippen LogP contribution in [-0.4, -0.2) is 29.1 Å². The standard InChI is InChI=1S/C20H40O4/c1-14(2)23-15(12-17(3,4)5)24-16(21)20(11,18(6,7)8)13-19(9,10)22/h14-15,22H,12-13H2,1-11H3. The van der Waals surface area contributed by atoms with Gasteiger partial charge in [-0.05, 0) is 51.9 Å². The van der Waals surface area contributed by atoms with Gasteiger partial charge in [-0.2, -0.15) is 0 Å². The molecule has 0 saturated heterocycles. The Labute approximate surface area is 149 Å². The molecule has 4 nitrogen and oxygen atoms in total. The summed E-state index contributed by atoms with van der Waals surface area (Å²) in [7, 11) is 0. The van der Waals surface area contributed by atoms with Gasteiger partial charge in [0.15, 0.2) is 0 Å². The quantitative estimate of drug-likeness (QED) is 0.525. The average Bonchev–Trinajstić information content (AvgIpc) is 2.20. The van der Waals surface area contributed by atoms with Gasteiger partial charge in [-0.1, -0.05) is 41.5 Å². The van der Waals surface area contributed by atoms with Crippen LogP contribution in [0.25, 0.3) is 0 Å². The fourth-order valence-electron chi connectivity index (χ4n) is 2.68. The topological polar surface area (TPSA) is 55.8 Å². The van der Waals surface area contributed by atoms with Crippen molar-refractivity contribution in [1.82, 2.24) is 0 Å². The molecule has 0 saturated carbocycles. The fourth-order valence-corrected chi connectivity index (χ4v) is 2.68. The van der Waals surface area contributed by atoms with Crippen LogP contribution in [0.1, 0.15) is 89.0 Å². The molecule has 0 aromatic heterocycles. The monoisotopic (exact) mass is 344 g/mol. The lowest BCUT2D eigenvalue weighted by molar-refractivity contribution is -0.211. The predicted octanol–water partition coefficient (Wildman–Crippen LogP) is 4.93. The summed E-state index contributed by atoms with van der Waals surface area (Å²) in [5.74, 6) is -0.313. The molecule has 0 aliphatic rings. The van der Waals surface area contributed by atoms with Gasteiger partial charge in [0.25, 0.3) is 0 Å². The molecule has 1 N–H and O–H groups in total. The highest BCUT2D eigenvalue weighted by atomic mass is 16.7. The van der Waals surface area contributed by atoms with E-state index in [1.807, 2.05) is 41.5 Å². The van der Waals surface area contributed by atoms with Gasteiger partial charge in [-0.3, -0.25) is 4.79 Å². The molecule has 0 aliphatic carbocycles. The van der Waals surface area contributed by atoms with Crippen molar-refractivity contribution in [2.45, 2.75) is 107 Å². The highest BCUT2D eigenvalue weighted by molar-refractivity contribution is 5.77. The minimum Gasteiger partial charge on any atom is -0.435 e. The van der Waals surface area contributed by atoms with E-state index < -0.39 is 17.3 Å². The van der Waals surface area contributed by atoms with Crippen molar-refractivity contribution in [3.63, 3.8) is 0 Å². The zero-order valence-electron chi connectivity index (χ0n) is 17.7. The Morgan fingerprint density at radius 3 is 1.71 bits per heavy atom. The van der Waals surface area contributed by atoms with Crippen LogP contribution >= 0.6 is 0 Å². The molecule has 24 heavy (non-hydrogen) atoms. The SMILES string of the molecule is CC(C)OC(CC(C)(C)C)OC(=O)C(C)(CC(C)(C)O)C(C)(C)C. The van der Waals surface area contributed by atoms with Crippen LogP contribution in [0.15, 0.2) is 0 Å². The highest BCUT2D eigenvalue weighted by Gasteiger charge is 2.49. The lowest BCUT2D eigenvalue weighted by Crippen LogP contribution is -2.48. The molecule has 0 spiro atoms. The van der Waals surface area contributed by atoms with Crippen molar-refractivity contribution >= 4 is 5.97 Å². The molecule has 0 amide bonds. The van der Waals surface area contributed by atoms with Crippen LogP contribution in [0.2, 0.25) is 0 Å². The van der Waals surface area contributed by atoms with E-state index in [2.05, 4.69) is 20.8 Å². The van der Waals surface area contributed by atoms with E-state index in [0.717, 1.165) is 0 Å². The first-order valence-corrected chi connectivity index (χ1v) is 8.96. The van der Waals surface area contributed by atoms with Gasteiger partial charge < -0.3 is 14.6 Å². The summed E-state index contributed by atoms with van der Waals surface area (Å²) in [6, 6.07) is 0. The first-order valence-electron chi connectivity index (χ1n) is 8.96. The maximum absolute atomic E-state index is 13.1. The van der Waals surface area contributed by atoms with Crippen LogP contribution in [0.3, 0.4) is 0 Å². The first-order chi connectivity index (χ1) is 10.4. The Kier molecular flexibility index (Phi) is 7.54. The van der Waals surface area contributed by atoms with Crippen LogP contribution < -0.4 is 0 Å². The molecule has 0 aromatic rings. The van der Waals surface area contributed by atoms with E-state index in [0.29, 0.717) is 12.8 Å². The molecule has 4 heteroatoms. The predicted molar refractivity (Wildman–Crippen MR) is 98.6 cm³/mol. The summed E-state index contributed by atoms with van der Waals surface area (Å²) in [4.78, 5) is 13.1. The Bertz CT molecular complexity index is 407. The number of aliphatic hydroxyl groups is 1. The molecule has 0 heterocycles. The van der Waals surface area contributed by atoms with Crippen molar-refractivity contribution in [2.24, 2.45) is 16.2 Å². The molecule has 0 fully saturated rings. The minimum absolute atomic E-state index is 0.0196. The second kappa shape index (κ2) is 7.74. The third-order valence-corrected chi connectivity index (χ3v) is 4.33. The van der Waals surface area contributed by atoms with Gasteiger partial charge in [0, 0.05) is 6.42 Å². The third-order valence-electron chi connectivity index (χ3n) is 4.33. The maximum Gasteiger partial charge on any atom is 0.314 e. The lowest BCUT2D eigenvalue weighted by Gasteiger charge is -2.43. The Balaban J connectivity index is 5.46. The fraction of sp³-hybridized carbons (Fsp3) is 0.950. The molecule has 2 unspecified atom stereocenters. The van der Waals surface area contributed by atoms with Gasteiger partial charge in [0.1, 0.15) is 0 Å².